The molecule has 0 aromatic carbocycles. The van der Waals surface area contributed by atoms with Crippen LogP contribution in [0, 0.1) is 12.8 Å². The summed E-state index contributed by atoms with van der Waals surface area (Å²) in [5.74, 6) is 1.91. The minimum absolute atomic E-state index is 0.786. The quantitative estimate of drug-likeness (QED) is 0.848. The fraction of sp³-hybridized carbons (Fsp3) is 0.692. The number of likely N-dealkylation sites (tertiary alicyclic amines) is 1. The smallest absolute Gasteiger partial charge is 0.120 e. The van der Waals surface area contributed by atoms with Gasteiger partial charge in [-0.05, 0) is 56.8 Å². The summed E-state index contributed by atoms with van der Waals surface area (Å²) in [6, 6.07) is 2.04. The Morgan fingerprint density at radius 3 is 3.12 bits per heavy atom. The van der Waals surface area contributed by atoms with Gasteiger partial charge in [0.25, 0.3) is 0 Å². The van der Waals surface area contributed by atoms with Crippen LogP contribution in [0.2, 0.25) is 0 Å². The molecule has 0 radical (unpaired) electrons. The number of hydrogen-bond donors (Lipinski definition) is 1. The van der Waals surface area contributed by atoms with Crippen molar-refractivity contribution in [1.29, 1.82) is 0 Å². The SMILES string of the molecule is Cc1ccoc1CN1CCCC(CCN)C1. The van der Waals surface area contributed by atoms with Crippen molar-refractivity contribution < 1.29 is 4.42 Å². The molecule has 1 aliphatic heterocycles. The zero-order chi connectivity index (χ0) is 11.4. The normalized spacial score (nSPS) is 22.5. The molecule has 1 saturated heterocycles. The monoisotopic (exact) mass is 222 g/mol. The molecule has 3 nitrogen and oxygen atoms in total. The van der Waals surface area contributed by atoms with Crippen molar-refractivity contribution in [1.82, 2.24) is 4.90 Å². The minimum atomic E-state index is 0.786. The molecule has 3 heteroatoms. The van der Waals surface area contributed by atoms with Gasteiger partial charge in [0.1, 0.15) is 5.76 Å². The van der Waals surface area contributed by atoms with Gasteiger partial charge in [-0.1, -0.05) is 0 Å². The van der Waals surface area contributed by atoms with Crippen LogP contribution in [0.5, 0.6) is 0 Å². The van der Waals surface area contributed by atoms with Crippen molar-refractivity contribution in [3.05, 3.63) is 23.7 Å². The Morgan fingerprint density at radius 1 is 1.56 bits per heavy atom. The number of rotatable bonds is 4. The Balaban J connectivity index is 1.88. The maximum absolute atomic E-state index is 5.63. The van der Waals surface area contributed by atoms with E-state index in [2.05, 4.69) is 11.8 Å². The molecular formula is C13H22N2O. The number of aryl methyl sites for hydroxylation is 1. The van der Waals surface area contributed by atoms with Crippen molar-refractivity contribution in [3.63, 3.8) is 0 Å². The van der Waals surface area contributed by atoms with Gasteiger partial charge < -0.3 is 10.2 Å². The average molecular weight is 222 g/mol. The van der Waals surface area contributed by atoms with Crippen LogP contribution in [0.25, 0.3) is 0 Å². The van der Waals surface area contributed by atoms with E-state index >= 15 is 0 Å². The first kappa shape index (κ1) is 11.7. The van der Waals surface area contributed by atoms with E-state index in [1.54, 1.807) is 6.26 Å². The second-order valence-corrected chi connectivity index (χ2v) is 4.85. The molecule has 1 aromatic rings. The fourth-order valence-electron chi connectivity index (χ4n) is 2.54. The lowest BCUT2D eigenvalue weighted by Crippen LogP contribution is -2.35. The highest BCUT2D eigenvalue weighted by molar-refractivity contribution is 5.14. The Kier molecular flexibility index (Phi) is 4.02. The predicted molar refractivity (Wildman–Crippen MR) is 65.1 cm³/mol. The first-order valence-electron chi connectivity index (χ1n) is 6.25. The van der Waals surface area contributed by atoms with Crippen molar-refractivity contribution in [2.24, 2.45) is 11.7 Å². The number of nitrogens with zero attached hydrogens (tertiary/aromatic N) is 1. The second kappa shape index (κ2) is 5.51. The maximum atomic E-state index is 5.63. The van der Waals surface area contributed by atoms with Crippen LogP contribution < -0.4 is 5.73 Å². The van der Waals surface area contributed by atoms with Gasteiger partial charge in [-0.25, -0.2) is 0 Å². The van der Waals surface area contributed by atoms with Crippen molar-refractivity contribution >= 4 is 0 Å². The molecule has 2 rings (SSSR count). The zero-order valence-corrected chi connectivity index (χ0v) is 10.1. The third-order valence-electron chi connectivity index (χ3n) is 3.51. The summed E-state index contributed by atoms with van der Waals surface area (Å²) in [6.45, 7) is 6.26. The molecule has 0 aliphatic carbocycles. The van der Waals surface area contributed by atoms with Gasteiger partial charge in [0, 0.05) is 6.54 Å². The summed E-state index contributed by atoms with van der Waals surface area (Å²) in [7, 11) is 0. The Bertz CT molecular complexity index is 319. The van der Waals surface area contributed by atoms with Gasteiger partial charge >= 0.3 is 0 Å². The van der Waals surface area contributed by atoms with Gasteiger partial charge in [-0.2, -0.15) is 0 Å². The van der Waals surface area contributed by atoms with E-state index in [1.807, 2.05) is 6.07 Å². The van der Waals surface area contributed by atoms with Gasteiger partial charge in [0.2, 0.25) is 0 Å². The molecule has 2 heterocycles. The predicted octanol–water partition coefficient (Wildman–Crippen LogP) is 2.15. The molecule has 1 atom stereocenters. The first-order valence-corrected chi connectivity index (χ1v) is 6.25. The third kappa shape index (κ3) is 2.86. The number of hydrogen-bond acceptors (Lipinski definition) is 3. The highest BCUT2D eigenvalue weighted by Crippen LogP contribution is 2.21. The Labute approximate surface area is 97.6 Å². The van der Waals surface area contributed by atoms with Gasteiger partial charge in [-0.3, -0.25) is 4.90 Å². The molecule has 16 heavy (non-hydrogen) atoms. The molecular weight excluding hydrogens is 200 g/mol. The molecule has 0 saturated carbocycles. The lowest BCUT2D eigenvalue weighted by molar-refractivity contribution is 0.153. The van der Waals surface area contributed by atoms with E-state index in [1.165, 1.54) is 31.5 Å². The summed E-state index contributed by atoms with van der Waals surface area (Å²) in [5, 5.41) is 0. The first-order chi connectivity index (χ1) is 7.79. The van der Waals surface area contributed by atoms with Crippen LogP contribution in [0.1, 0.15) is 30.6 Å². The van der Waals surface area contributed by atoms with Crippen LogP contribution in [0.15, 0.2) is 16.7 Å². The number of piperidine rings is 1. The number of furan rings is 1. The lowest BCUT2D eigenvalue weighted by Gasteiger charge is -2.32. The molecule has 1 fully saturated rings. The molecule has 1 aromatic heterocycles. The number of nitrogens with two attached hydrogens (primary N) is 1. The third-order valence-corrected chi connectivity index (χ3v) is 3.51. The molecule has 0 spiro atoms. The molecule has 1 aliphatic rings. The summed E-state index contributed by atoms with van der Waals surface area (Å²) in [6.07, 6.45) is 5.58. The van der Waals surface area contributed by atoms with E-state index in [4.69, 9.17) is 10.2 Å². The molecule has 0 amide bonds. The van der Waals surface area contributed by atoms with Gasteiger partial charge in [0.05, 0.1) is 12.8 Å². The van der Waals surface area contributed by atoms with E-state index < -0.39 is 0 Å². The topological polar surface area (TPSA) is 42.4 Å². The van der Waals surface area contributed by atoms with Crippen molar-refractivity contribution in [2.75, 3.05) is 19.6 Å². The summed E-state index contributed by atoms with van der Waals surface area (Å²) in [5.41, 5.74) is 6.89. The summed E-state index contributed by atoms with van der Waals surface area (Å²) < 4.78 is 5.50. The van der Waals surface area contributed by atoms with E-state index in [9.17, 15) is 0 Å². The maximum Gasteiger partial charge on any atom is 0.120 e. The lowest BCUT2D eigenvalue weighted by atomic mass is 9.95. The average Bonchev–Trinajstić information content (AvgIpc) is 2.66. The van der Waals surface area contributed by atoms with Crippen molar-refractivity contribution in [2.45, 2.75) is 32.7 Å². The molecule has 1 unspecified atom stereocenters. The zero-order valence-electron chi connectivity index (χ0n) is 10.1. The Hall–Kier alpha value is -0.800. The van der Waals surface area contributed by atoms with E-state index in [0.29, 0.717) is 0 Å². The summed E-state index contributed by atoms with van der Waals surface area (Å²) >= 11 is 0. The second-order valence-electron chi connectivity index (χ2n) is 4.85. The molecule has 90 valence electrons. The van der Waals surface area contributed by atoms with Crippen LogP contribution in [-0.4, -0.2) is 24.5 Å². The standard InChI is InChI=1S/C13H22N2O/c1-11-5-8-16-13(11)10-15-7-2-3-12(9-15)4-6-14/h5,8,12H,2-4,6-7,9-10,14H2,1H3. The van der Waals surface area contributed by atoms with Crippen LogP contribution in [0.3, 0.4) is 0 Å². The molecule has 2 N–H and O–H groups in total. The molecule has 0 bridgehead atoms. The Morgan fingerprint density at radius 2 is 2.44 bits per heavy atom. The fourth-order valence-corrected chi connectivity index (χ4v) is 2.54. The van der Waals surface area contributed by atoms with Crippen LogP contribution >= 0.6 is 0 Å². The highest BCUT2D eigenvalue weighted by Gasteiger charge is 2.20. The van der Waals surface area contributed by atoms with Crippen molar-refractivity contribution in [3.8, 4) is 0 Å². The van der Waals surface area contributed by atoms with Gasteiger partial charge in [-0.15, -0.1) is 0 Å². The minimum Gasteiger partial charge on any atom is -0.468 e. The highest BCUT2D eigenvalue weighted by atomic mass is 16.3. The van der Waals surface area contributed by atoms with Crippen LogP contribution in [0.4, 0.5) is 0 Å². The summed E-state index contributed by atoms with van der Waals surface area (Å²) in [4.78, 5) is 2.50. The largest absolute Gasteiger partial charge is 0.468 e. The van der Waals surface area contributed by atoms with E-state index in [0.717, 1.165) is 31.2 Å². The van der Waals surface area contributed by atoms with Gasteiger partial charge in [0.15, 0.2) is 0 Å². The van der Waals surface area contributed by atoms with E-state index in [-0.39, 0.29) is 0 Å². The van der Waals surface area contributed by atoms with Crippen LogP contribution in [-0.2, 0) is 6.54 Å².